The highest BCUT2D eigenvalue weighted by atomic mass is 17.2. The van der Waals surface area contributed by atoms with Crippen LogP contribution in [0, 0.1) is 0 Å². The van der Waals surface area contributed by atoms with Gasteiger partial charge in [-0.05, 0) is 13.3 Å². The Bertz CT molecular complexity index is 156. The molecule has 0 aromatic heterocycles. The normalized spacial score (nSPS) is 12.2. The molecule has 1 atom stereocenters. The van der Waals surface area contributed by atoms with Crippen molar-refractivity contribution in [3.63, 3.8) is 0 Å². The van der Waals surface area contributed by atoms with Gasteiger partial charge in [-0.1, -0.05) is 19.9 Å². The Morgan fingerprint density at radius 3 is 2.85 bits per heavy atom. The van der Waals surface area contributed by atoms with Crippen LogP contribution in [0.1, 0.15) is 26.7 Å². The quantitative estimate of drug-likeness (QED) is 0.201. The molecule has 0 aromatic carbocycles. The second-order valence-corrected chi connectivity index (χ2v) is 2.49. The van der Waals surface area contributed by atoms with Gasteiger partial charge in [0.2, 0.25) is 0 Å². The van der Waals surface area contributed by atoms with Crippen LogP contribution >= 0.6 is 0 Å². The summed E-state index contributed by atoms with van der Waals surface area (Å²) in [4.78, 5) is 19.4. The van der Waals surface area contributed by atoms with E-state index in [4.69, 9.17) is 4.74 Å². The number of carbonyl (C=O) groups excluding carboxylic acids is 1. The van der Waals surface area contributed by atoms with E-state index in [2.05, 4.69) is 23.3 Å². The lowest BCUT2D eigenvalue weighted by atomic mass is 10.4. The van der Waals surface area contributed by atoms with Gasteiger partial charge in [0.05, 0.1) is 0 Å². The van der Waals surface area contributed by atoms with E-state index in [1.165, 1.54) is 0 Å². The molecule has 1 unspecified atom stereocenters. The maximum Gasteiger partial charge on any atom is 0.365 e. The van der Waals surface area contributed by atoms with Gasteiger partial charge in [-0.3, -0.25) is 4.89 Å². The second kappa shape index (κ2) is 7.76. The zero-order chi connectivity index (χ0) is 10.1. The van der Waals surface area contributed by atoms with E-state index in [0.717, 1.165) is 18.9 Å². The maximum atomic E-state index is 10.5. The van der Waals surface area contributed by atoms with Crippen molar-refractivity contribution in [2.45, 2.75) is 33.0 Å². The van der Waals surface area contributed by atoms with Crippen molar-refractivity contribution in [1.29, 1.82) is 0 Å². The lowest BCUT2D eigenvalue weighted by Crippen LogP contribution is -2.16. The minimum absolute atomic E-state index is 0.532. The molecule has 0 aliphatic rings. The molecule has 0 N–H and O–H groups in total. The molecule has 0 radical (unpaired) electrons. The van der Waals surface area contributed by atoms with Gasteiger partial charge in [0.25, 0.3) is 0 Å². The third kappa shape index (κ3) is 7.49. The smallest absolute Gasteiger partial charge is 0.349 e. The second-order valence-electron chi connectivity index (χ2n) is 2.49. The Hall–Kier alpha value is -0.870. The standard InChI is InChI=1S/C9H16O4/c1-4-6-7-11-8(3)12-13-9(10)5-2/h5,8H,2,4,6-7H2,1,3H3. The van der Waals surface area contributed by atoms with E-state index in [9.17, 15) is 4.79 Å². The van der Waals surface area contributed by atoms with Crippen molar-refractivity contribution in [2.75, 3.05) is 6.61 Å². The average Bonchev–Trinajstić information content (AvgIpc) is 2.14. The van der Waals surface area contributed by atoms with E-state index >= 15 is 0 Å². The van der Waals surface area contributed by atoms with Gasteiger partial charge in [0.1, 0.15) is 0 Å². The molecule has 76 valence electrons. The maximum absolute atomic E-state index is 10.5. The summed E-state index contributed by atoms with van der Waals surface area (Å²) in [7, 11) is 0. The highest BCUT2D eigenvalue weighted by Crippen LogP contribution is 1.97. The van der Waals surface area contributed by atoms with Gasteiger partial charge < -0.3 is 4.74 Å². The van der Waals surface area contributed by atoms with Gasteiger partial charge in [-0.25, -0.2) is 4.79 Å². The molecule has 0 aromatic rings. The topological polar surface area (TPSA) is 44.8 Å². The van der Waals surface area contributed by atoms with Gasteiger partial charge in [-0.2, -0.15) is 4.89 Å². The van der Waals surface area contributed by atoms with E-state index in [0.29, 0.717) is 6.61 Å². The molecule has 13 heavy (non-hydrogen) atoms. The van der Waals surface area contributed by atoms with Crippen molar-refractivity contribution in [3.8, 4) is 0 Å². The van der Waals surface area contributed by atoms with Crippen molar-refractivity contribution in [1.82, 2.24) is 0 Å². The van der Waals surface area contributed by atoms with Gasteiger partial charge in [0.15, 0.2) is 6.29 Å². The predicted octanol–water partition coefficient (Wildman–Crippen LogP) is 1.81. The molecular formula is C9H16O4. The van der Waals surface area contributed by atoms with E-state index in [1.807, 2.05) is 0 Å². The Labute approximate surface area is 78.4 Å². The van der Waals surface area contributed by atoms with E-state index < -0.39 is 12.3 Å². The van der Waals surface area contributed by atoms with Gasteiger partial charge in [-0.15, -0.1) is 0 Å². The molecule has 4 nitrogen and oxygen atoms in total. The van der Waals surface area contributed by atoms with Gasteiger partial charge >= 0.3 is 5.97 Å². The summed E-state index contributed by atoms with van der Waals surface area (Å²) in [5, 5.41) is 0. The first-order valence-electron chi connectivity index (χ1n) is 4.32. The SMILES string of the molecule is C=CC(=O)OOC(C)OCCCC. The number of unbranched alkanes of at least 4 members (excludes halogenated alkanes) is 1. The van der Waals surface area contributed by atoms with Crippen LogP contribution in [-0.2, 0) is 19.3 Å². The van der Waals surface area contributed by atoms with Crippen LogP contribution in [0.25, 0.3) is 0 Å². The lowest BCUT2D eigenvalue weighted by Gasteiger charge is -2.10. The molecular weight excluding hydrogens is 172 g/mol. The first kappa shape index (κ1) is 12.1. The first-order valence-corrected chi connectivity index (χ1v) is 4.32. The van der Waals surface area contributed by atoms with Crippen molar-refractivity contribution >= 4 is 5.97 Å². The molecule has 0 saturated carbocycles. The number of rotatable bonds is 7. The van der Waals surface area contributed by atoms with Crippen LogP contribution in [-0.4, -0.2) is 18.9 Å². The Morgan fingerprint density at radius 1 is 1.62 bits per heavy atom. The van der Waals surface area contributed by atoms with Crippen LogP contribution in [0.3, 0.4) is 0 Å². The van der Waals surface area contributed by atoms with Crippen LogP contribution in [0.5, 0.6) is 0 Å². The van der Waals surface area contributed by atoms with Crippen LogP contribution in [0.2, 0.25) is 0 Å². The minimum Gasteiger partial charge on any atom is -0.349 e. The predicted molar refractivity (Wildman–Crippen MR) is 47.7 cm³/mol. The summed E-state index contributed by atoms with van der Waals surface area (Å²) in [6.45, 7) is 7.54. The molecule has 0 heterocycles. The molecule has 4 heteroatoms. The molecule has 0 saturated heterocycles. The summed E-state index contributed by atoms with van der Waals surface area (Å²) in [6, 6.07) is 0. The zero-order valence-corrected chi connectivity index (χ0v) is 8.12. The number of hydrogen-bond donors (Lipinski definition) is 0. The van der Waals surface area contributed by atoms with Crippen molar-refractivity contribution < 1.29 is 19.3 Å². The third-order valence-corrected chi connectivity index (χ3v) is 1.28. The fourth-order valence-electron chi connectivity index (χ4n) is 0.571. The van der Waals surface area contributed by atoms with Crippen molar-refractivity contribution in [3.05, 3.63) is 12.7 Å². The summed E-state index contributed by atoms with van der Waals surface area (Å²) < 4.78 is 5.14. The average molecular weight is 188 g/mol. The Kier molecular flexibility index (Phi) is 7.24. The fourth-order valence-corrected chi connectivity index (χ4v) is 0.571. The zero-order valence-electron chi connectivity index (χ0n) is 8.12. The highest BCUT2D eigenvalue weighted by Gasteiger charge is 2.05. The molecule has 0 spiro atoms. The lowest BCUT2D eigenvalue weighted by molar-refractivity contribution is -0.343. The summed E-state index contributed by atoms with van der Waals surface area (Å²) >= 11 is 0. The monoisotopic (exact) mass is 188 g/mol. The molecule has 0 bridgehead atoms. The summed E-state index contributed by atoms with van der Waals surface area (Å²) in [6.07, 6.45) is 2.51. The summed E-state index contributed by atoms with van der Waals surface area (Å²) in [5.74, 6) is -0.619. The number of ether oxygens (including phenoxy) is 1. The van der Waals surface area contributed by atoms with E-state index in [1.54, 1.807) is 6.92 Å². The minimum atomic E-state index is -0.619. The molecule has 0 rings (SSSR count). The third-order valence-electron chi connectivity index (χ3n) is 1.28. The number of carbonyl (C=O) groups is 1. The van der Waals surface area contributed by atoms with Crippen LogP contribution in [0.4, 0.5) is 0 Å². The van der Waals surface area contributed by atoms with Crippen molar-refractivity contribution in [2.24, 2.45) is 0 Å². The summed E-state index contributed by atoms with van der Waals surface area (Å²) in [5.41, 5.74) is 0. The fraction of sp³-hybridized carbons (Fsp3) is 0.667. The van der Waals surface area contributed by atoms with Crippen LogP contribution in [0.15, 0.2) is 12.7 Å². The molecule has 0 aliphatic carbocycles. The Balaban J connectivity index is 3.34. The largest absolute Gasteiger partial charge is 0.365 e. The molecule has 0 fully saturated rings. The highest BCUT2D eigenvalue weighted by molar-refractivity contribution is 5.80. The van der Waals surface area contributed by atoms with Crippen LogP contribution < -0.4 is 0 Å². The Morgan fingerprint density at radius 2 is 2.31 bits per heavy atom. The van der Waals surface area contributed by atoms with E-state index in [-0.39, 0.29) is 0 Å². The molecule has 0 amide bonds. The first-order chi connectivity index (χ1) is 6.20. The number of hydrogen-bond acceptors (Lipinski definition) is 4. The van der Waals surface area contributed by atoms with Gasteiger partial charge in [0, 0.05) is 12.7 Å². The molecule has 0 aliphatic heterocycles.